The molecule has 2 unspecified atom stereocenters. The third kappa shape index (κ3) is 3.38. The van der Waals surface area contributed by atoms with Crippen LogP contribution >= 0.6 is 0 Å². The van der Waals surface area contributed by atoms with Crippen molar-refractivity contribution in [2.45, 2.75) is 26.3 Å². The van der Waals surface area contributed by atoms with Gasteiger partial charge in [0.05, 0.1) is 18.6 Å². The molecular formula is C10H18F2N2O2. The van der Waals surface area contributed by atoms with Gasteiger partial charge in [-0.25, -0.2) is 19.2 Å². The Morgan fingerprint density at radius 2 is 2.19 bits per heavy atom. The van der Waals surface area contributed by atoms with E-state index in [-0.39, 0.29) is 19.1 Å². The summed E-state index contributed by atoms with van der Waals surface area (Å²) in [5.41, 5.74) is 2.55. The smallest absolute Gasteiger partial charge is 0.312 e. The van der Waals surface area contributed by atoms with Gasteiger partial charge in [0.25, 0.3) is 6.43 Å². The van der Waals surface area contributed by atoms with E-state index >= 15 is 0 Å². The zero-order valence-corrected chi connectivity index (χ0v) is 9.74. The number of carbonyl (C=O) groups excluding carboxylic acids is 1. The number of nitrogens with zero attached hydrogens (tertiary/aromatic N) is 1. The van der Waals surface area contributed by atoms with Crippen molar-refractivity contribution in [1.82, 2.24) is 10.4 Å². The van der Waals surface area contributed by atoms with Crippen LogP contribution in [0.4, 0.5) is 8.78 Å². The van der Waals surface area contributed by atoms with E-state index in [2.05, 4.69) is 5.43 Å². The summed E-state index contributed by atoms with van der Waals surface area (Å²) in [6, 6.07) is -1.13. The lowest BCUT2D eigenvalue weighted by molar-refractivity contribution is -0.150. The maximum atomic E-state index is 12.6. The summed E-state index contributed by atoms with van der Waals surface area (Å²) in [6.07, 6.45) is -2.57. The summed E-state index contributed by atoms with van der Waals surface area (Å²) >= 11 is 0. The molecule has 0 amide bonds. The van der Waals surface area contributed by atoms with Crippen molar-refractivity contribution in [3.8, 4) is 0 Å². The normalized spacial score (nSPS) is 26.7. The summed E-state index contributed by atoms with van der Waals surface area (Å²) in [4.78, 5) is 11.6. The summed E-state index contributed by atoms with van der Waals surface area (Å²) < 4.78 is 30.2. The van der Waals surface area contributed by atoms with E-state index < -0.39 is 24.4 Å². The summed E-state index contributed by atoms with van der Waals surface area (Å²) in [6.45, 7) is 4.33. The largest absolute Gasteiger partial charge is 0.465 e. The van der Waals surface area contributed by atoms with Crippen molar-refractivity contribution in [1.29, 1.82) is 0 Å². The van der Waals surface area contributed by atoms with Gasteiger partial charge in [0.15, 0.2) is 0 Å². The third-order valence-electron chi connectivity index (χ3n) is 2.41. The van der Waals surface area contributed by atoms with Crippen molar-refractivity contribution >= 4 is 5.97 Å². The van der Waals surface area contributed by atoms with Gasteiger partial charge >= 0.3 is 5.97 Å². The van der Waals surface area contributed by atoms with Crippen molar-refractivity contribution in [2.24, 2.45) is 11.8 Å². The highest BCUT2D eigenvalue weighted by Gasteiger charge is 2.42. The lowest BCUT2D eigenvalue weighted by atomic mass is 10.0. The van der Waals surface area contributed by atoms with E-state index in [1.54, 1.807) is 7.05 Å². The summed E-state index contributed by atoms with van der Waals surface area (Å²) in [5, 5.41) is 1.50. The molecule has 0 aliphatic carbocycles. The molecule has 4 nitrogen and oxygen atoms in total. The molecule has 16 heavy (non-hydrogen) atoms. The van der Waals surface area contributed by atoms with Crippen LogP contribution in [0.5, 0.6) is 0 Å². The average molecular weight is 236 g/mol. The maximum absolute atomic E-state index is 12.6. The molecule has 0 radical (unpaired) electrons. The maximum Gasteiger partial charge on any atom is 0.312 e. The van der Waals surface area contributed by atoms with E-state index in [1.165, 1.54) is 5.01 Å². The van der Waals surface area contributed by atoms with Gasteiger partial charge in [0, 0.05) is 13.6 Å². The van der Waals surface area contributed by atoms with Crippen LogP contribution in [0.3, 0.4) is 0 Å². The minimum absolute atomic E-state index is 0.209. The molecule has 0 saturated carbocycles. The van der Waals surface area contributed by atoms with Gasteiger partial charge < -0.3 is 4.74 Å². The number of hydrogen-bond acceptors (Lipinski definition) is 4. The monoisotopic (exact) mass is 236 g/mol. The highest BCUT2D eigenvalue weighted by atomic mass is 19.3. The number of rotatable bonds is 4. The fourth-order valence-electron chi connectivity index (χ4n) is 1.61. The Morgan fingerprint density at radius 1 is 1.56 bits per heavy atom. The zero-order valence-electron chi connectivity index (χ0n) is 9.74. The predicted octanol–water partition coefficient (Wildman–Crippen LogP) is 0.886. The molecule has 1 saturated heterocycles. The quantitative estimate of drug-likeness (QED) is 0.736. The molecular weight excluding hydrogens is 218 g/mol. The lowest BCUT2D eigenvalue weighted by Gasteiger charge is -2.17. The molecule has 1 heterocycles. The highest BCUT2D eigenvalue weighted by molar-refractivity contribution is 5.74. The van der Waals surface area contributed by atoms with Crippen LogP contribution in [0.2, 0.25) is 0 Å². The molecule has 0 aromatic heterocycles. The number of alkyl halides is 2. The molecule has 94 valence electrons. The van der Waals surface area contributed by atoms with Gasteiger partial charge in [0.2, 0.25) is 0 Å². The predicted molar refractivity (Wildman–Crippen MR) is 54.8 cm³/mol. The molecule has 1 rings (SSSR count). The first-order valence-corrected chi connectivity index (χ1v) is 5.34. The molecule has 0 aromatic carbocycles. The van der Waals surface area contributed by atoms with Crippen LogP contribution in [0, 0.1) is 11.8 Å². The Hall–Kier alpha value is -0.750. The van der Waals surface area contributed by atoms with Crippen LogP contribution in [0.15, 0.2) is 0 Å². The topological polar surface area (TPSA) is 41.6 Å². The average Bonchev–Trinajstić information content (AvgIpc) is 2.56. The number of carbonyl (C=O) groups is 1. The minimum Gasteiger partial charge on any atom is -0.465 e. The van der Waals surface area contributed by atoms with E-state index in [9.17, 15) is 13.6 Å². The second kappa shape index (κ2) is 5.54. The fraction of sp³-hybridized carbons (Fsp3) is 0.900. The number of ether oxygens (including phenoxy) is 1. The number of hydrazine groups is 1. The number of nitrogens with one attached hydrogen (secondary N) is 1. The lowest BCUT2D eigenvalue weighted by Crippen LogP contribution is -2.41. The molecule has 0 bridgehead atoms. The fourth-order valence-corrected chi connectivity index (χ4v) is 1.61. The van der Waals surface area contributed by atoms with Gasteiger partial charge in [0.1, 0.15) is 0 Å². The van der Waals surface area contributed by atoms with Crippen LogP contribution < -0.4 is 5.43 Å². The van der Waals surface area contributed by atoms with Gasteiger partial charge in [-0.2, -0.15) is 0 Å². The first-order chi connectivity index (χ1) is 7.41. The molecule has 1 N–H and O–H groups in total. The third-order valence-corrected chi connectivity index (χ3v) is 2.41. The van der Waals surface area contributed by atoms with E-state index in [1.807, 2.05) is 13.8 Å². The van der Waals surface area contributed by atoms with Crippen LogP contribution in [0.25, 0.3) is 0 Å². The Balaban J connectivity index is 2.53. The molecule has 1 fully saturated rings. The first kappa shape index (κ1) is 13.3. The van der Waals surface area contributed by atoms with E-state index in [0.29, 0.717) is 0 Å². The summed E-state index contributed by atoms with van der Waals surface area (Å²) in [7, 11) is 1.63. The van der Waals surface area contributed by atoms with Gasteiger partial charge in [-0.15, -0.1) is 0 Å². The molecule has 6 heteroatoms. The van der Waals surface area contributed by atoms with Crippen LogP contribution in [-0.2, 0) is 9.53 Å². The Kier molecular flexibility index (Phi) is 4.61. The Labute approximate surface area is 93.9 Å². The standard InChI is InChI=1S/C10H18F2N2O2/c1-6(2)5-16-10(15)7-4-14(3)13-8(7)9(11)12/h6-9,13H,4-5H2,1-3H3. The molecule has 2 atom stereocenters. The first-order valence-electron chi connectivity index (χ1n) is 5.34. The van der Waals surface area contributed by atoms with Crippen LogP contribution in [0.1, 0.15) is 13.8 Å². The second-order valence-electron chi connectivity index (χ2n) is 4.50. The van der Waals surface area contributed by atoms with Crippen LogP contribution in [-0.4, -0.2) is 43.6 Å². The molecule has 0 aromatic rings. The Morgan fingerprint density at radius 3 is 2.69 bits per heavy atom. The number of halogens is 2. The zero-order chi connectivity index (χ0) is 12.3. The number of hydrogen-bond donors (Lipinski definition) is 1. The Bertz CT molecular complexity index is 249. The van der Waals surface area contributed by atoms with Gasteiger partial charge in [-0.05, 0) is 5.92 Å². The van der Waals surface area contributed by atoms with Crippen molar-refractivity contribution in [3.63, 3.8) is 0 Å². The van der Waals surface area contributed by atoms with Crippen molar-refractivity contribution < 1.29 is 18.3 Å². The SMILES string of the molecule is CC(C)COC(=O)C1CN(C)NC1C(F)F. The van der Waals surface area contributed by atoms with E-state index in [4.69, 9.17) is 4.74 Å². The van der Waals surface area contributed by atoms with Gasteiger partial charge in [-0.1, -0.05) is 13.8 Å². The van der Waals surface area contributed by atoms with Gasteiger partial charge in [-0.3, -0.25) is 4.79 Å². The highest BCUT2D eigenvalue weighted by Crippen LogP contribution is 2.20. The van der Waals surface area contributed by atoms with Crippen molar-refractivity contribution in [2.75, 3.05) is 20.2 Å². The molecule has 1 aliphatic rings. The second-order valence-corrected chi connectivity index (χ2v) is 4.50. The minimum atomic E-state index is -2.57. The molecule has 0 spiro atoms. The summed E-state index contributed by atoms with van der Waals surface area (Å²) in [5.74, 6) is -1.12. The number of esters is 1. The van der Waals surface area contributed by atoms with Crippen molar-refractivity contribution in [3.05, 3.63) is 0 Å². The molecule has 1 aliphatic heterocycles. The van der Waals surface area contributed by atoms with E-state index in [0.717, 1.165) is 0 Å².